The van der Waals surface area contributed by atoms with Crippen LogP contribution in [0, 0.1) is 23.1 Å². The number of halogens is 1. The Hall–Kier alpha value is -1.09. The van der Waals surface area contributed by atoms with Crippen LogP contribution in [-0.2, 0) is 6.42 Å². The fourth-order valence-electron chi connectivity index (χ4n) is 5.58. The molecule has 114 valence electrons. The first-order valence-corrected chi connectivity index (χ1v) is 8.20. The zero-order chi connectivity index (χ0) is 14.8. The minimum atomic E-state index is -0.411. The lowest BCUT2D eigenvalue weighted by atomic mass is 9.55. The van der Waals surface area contributed by atoms with Crippen molar-refractivity contribution in [3.8, 4) is 5.75 Å². The Balaban J connectivity index is 1.74. The van der Waals surface area contributed by atoms with E-state index < -0.39 is 5.82 Å². The first-order chi connectivity index (χ1) is 10.0. The van der Waals surface area contributed by atoms with Gasteiger partial charge in [0.1, 0.15) is 0 Å². The van der Waals surface area contributed by atoms with Crippen molar-refractivity contribution in [3.63, 3.8) is 0 Å². The molecule has 0 bridgehead atoms. The van der Waals surface area contributed by atoms with Crippen molar-refractivity contribution in [1.82, 2.24) is 0 Å². The van der Waals surface area contributed by atoms with Crippen LogP contribution < -0.4 is 0 Å². The Morgan fingerprint density at radius 2 is 2.00 bits per heavy atom. The smallest absolute Gasteiger partial charge is 0.168 e. The standard InChI is InChI=1S/C18H23FO2/c1-18-9-8-11-10-4-6-15(20)17(19)13(10)3-2-12(11)14(18)5-7-16(18)21/h4,6,11-12,14,16,20-21H,2-3,5,7-9H2,1H3/t11-,12-,14+,16+,18+/m1/s1. The molecule has 0 aromatic heterocycles. The largest absolute Gasteiger partial charge is 0.505 e. The lowest BCUT2D eigenvalue weighted by Gasteiger charge is -2.50. The lowest BCUT2D eigenvalue weighted by molar-refractivity contribution is -0.0227. The molecule has 3 aliphatic carbocycles. The normalized spacial score (nSPS) is 41.3. The fourth-order valence-corrected chi connectivity index (χ4v) is 5.58. The van der Waals surface area contributed by atoms with Gasteiger partial charge in [-0.3, -0.25) is 0 Å². The van der Waals surface area contributed by atoms with Crippen LogP contribution in [0.25, 0.3) is 0 Å². The molecule has 2 N–H and O–H groups in total. The topological polar surface area (TPSA) is 40.5 Å². The Morgan fingerprint density at radius 3 is 2.81 bits per heavy atom. The molecule has 2 saturated carbocycles. The average Bonchev–Trinajstić information content (AvgIpc) is 2.78. The Bertz CT molecular complexity index is 585. The van der Waals surface area contributed by atoms with Crippen LogP contribution in [0.3, 0.4) is 0 Å². The highest BCUT2D eigenvalue weighted by molar-refractivity contribution is 5.41. The summed E-state index contributed by atoms with van der Waals surface area (Å²) in [6, 6.07) is 3.44. The fraction of sp³-hybridized carbons (Fsp3) is 0.667. The first-order valence-electron chi connectivity index (χ1n) is 8.20. The molecule has 0 saturated heterocycles. The third-order valence-electron chi connectivity index (χ3n) is 6.77. The zero-order valence-electron chi connectivity index (χ0n) is 12.5. The number of benzene rings is 1. The molecule has 0 aliphatic heterocycles. The molecule has 0 amide bonds. The van der Waals surface area contributed by atoms with E-state index in [1.165, 1.54) is 6.07 Å². The highest BCUT2D eigenvalue weighted by Crippen LogP contribution is 2.61. The van der Waals surface area contributed by atoms with E-state index >= 15 is 0 Å². The van der Waals surface area contributed by atoms with E-state index in [2.05, 4.69) is 6.92 Å². The highest BCUT2D eigenvalue weighted by Gasteiger charge is 2.54. The van der Waals surface area contributed by atoms with Gasteiger partial charge in [0.25, 0.3) is 0 Å². The van der Waals surface area contributed by atoms with Crippen molar-refractivity contribution in [3.05, 3.63) is 29.1 Å². The van der Waals surface area contributed by atoms with Crippen LogP contribution in [0.4, 0.5) is 4.39 Å². The number of rotatable bonds is 0. The van der Waals surface area contributed by atoms with E-state index in [0.717, 1.165) is 49.7 Å². The molecule has 3 aliphatic rings. The third-order valence-corrected chi connectivity index (χ3v) is 6.77. The Labute approximate surface area is 125 Å². The molecule has 1 aromatic rings. The maximum Gasteiger partial charge on any atom is 0.168 e. The van der Waals surface area contributed by atoms with Gasteiger partial charge in [0.15, 0.2) is 11.6 Å². The molecule has 3 heteroatoms. The van der Waals surface area contributed by atoms with Gasteiger partial charge in [0.2, 0.25) is 0 Å². The second kappa shape index (κ2) is 4.45. The average molecular weight is 290 g/mol. The van der Waals surface area contributed by atoms with Crippen LogP contribution in [0.2, 0.25) is 0 Å². The van der Waals surface area contributed by atoms with Crippen molar-refractivity contribution in [2.24, 2.45) is 17.3 Å². The lowest BCUT2D eigenvalue weighted by Crippen LogP contribution is -2.44. The van der Waals surface area contributed by atoms with Gasteiger partial charge in [0, 0.05) is 0 Å². The van der Waals surface area contributed by atoms with Gasteiger partial charge in [0.05, 0.1) is 6.10 Å². The summed E-state index contributed by atoms with van der Waals surface area (Å²) in [5.41, 5.74) is 1.91. The second-order valence-corrected chi connectivity index (χ2v) is 7.52. The zero-order valence-corrected chi connectivity index (χ0v) is 12.5. The molecule has 2 fully saturated rings. The van der Waals surface area contributed by atoms with Crippen LogP contribution in [0.5, 0.6) is 5.75 Å². The van der Waals surface area contributed by atoms with E-state index in [4.69, 9.17) is 0 Å². The number of phenolic OH excluding ortho intramolecular Hbond substituents is 1. The number of phenols is 1. The monoisotopic (exact) mass is 290 g/mol. The van der Waals surface area contributed by atoms with E-state index in [1.54, 1.807) is 0 Å². The predicted molar refractivity (Wildman–Crippen MR) is 78.7 cm³/mol. The Kier molecular flexibility index (Phi) is 2.88. The van der Waals surface area contributed by atoms with E-state index in [0.29, 0.717) is 17.8 Å². The molecule has 0 unspecified atom stereocenters. The van der Waals surface area contributed by atoms with Gasteiger partial charge in [-0.15, -0.1) is 0 Å². The number of hydrogen-bond acceptors (Lipinski definition) is 2. The van der Waals surface area contributed by atoms with Crippen molar-refractivity contribution >= 4 is 0 Å². The van der Waals surface area contributed by atoms with Gasteiger partial charge in [-0.2, -0.15) is 0 Å². The van der Waals surface area contributed by atoms with Crippen LogP contribution in [-0.4, -0.2) is 16.3 Å². The number of aromatic hydroxyl groups is 1. The van der Waals surface area contributed by atoms with E-state index in [9.17, 15) is 14.6 Å². The van der Waals surface area contributed by atoms with Crippen molar-refractivity contribution in [2.45, 2.75) is 57.5 Å². The van der Waals surface area contributed by atoms with Gasteiger partial charge in [-0.25, -0.2) is 4.39 Å². The summed E-state index contributed by atoms with van der Waals surface area (Å²) < 4.78 is 14.2. The maximum absolute atomic E-state index is 14.2. The van der Waals surface area contributed by atoms with Gasteiger partial charge in [-0.05, 0) is 78.9 Å². The number of aliphatic hydroxyl groups excluding tert-OH is 1. The highest BCUT2D eigenvalue weighted by atomic mass is 19.1. The maximum atomic E-state index is 14.2. The molecule has 1 aromatic carbocycles. The van der Waals surface area contributed by atoms with Crippen LogP contribution in [0.15, 0.2) is 12.1 Å². The molecule has 5 atom stereocenters. The number of aliphatic hydroxyl groups is 1. The quantitative estimate of drug-likeness (QED) is 0.764. The summed E-state index contributed by atoms with van der Waals surface area (Å²) in [6.07, 6.45) is 5.63. The van der Waals surface area contributed by atoms with Crippen LogP contribution >= 0.6 is 0 Å². The summed E-state index contributed by atoms with van der Waals surface area (Å²) >= 11 is 0. The summed E-state index contributed by atoms with van der Waals surface area (Å²) in [5.74, 6) is 0.913. The predicted octanol–water partition coefficient (Wildman–Crippen LogP) is 3.75. The van der Waals surface area contributed by atoms with Crippen molar-refractivity contribution in [2.75, 3.05) is 0 Å². The molecule has 2 nitrogen and oxygen atoms in total. The molecule has 0 spiro atoms. The molecule has 0 radical (unpaired) electrons. The van der Waals surface area contributed by atoms with Gasteiger partial charge >= 0.3 is 0 Å². The SMILES string of the molecule is C[C@]12CC[C@@H]3c4ccc(O)c(F)c4CC[C@H]3[C@@H]1CC[C@@H]2O. The minimum absolute atomic E-state index is 0.0636. The number of hydrogen-bond donors (Lipinski definition) is 2. The van der Waals surface area contributed by atoms with Crippen molar-refractivity contribution < 1.29 is 14.6 Å². The van der Waals surface area contributed by atoms with Crippen LogP contribution in [0.1, 0.15) is 56.1 Å². The van der Waals surface area contributed by atoms with E-state index in [1.807, 2.05) is 6.07 Å². The molecule has 0 heterocycles. The van der Waals surface area contributed by atoms with Gasteiger partial charge < -0.3 is 10.2 Å². The Morgan fingerprint density at radius 1 is 1.19 bits per heavy atom. The van der Waals surface area contributed by atoms with Crippen molar-refractivity contribution in [1.29, 1.82) is 0 Å². The molecular weight excluding hydrogens is 267 g/mol. The molecule has 21 heavy (non-hydrogen) atoms. The molecule has 4 rings (SSSR count). The van der Waals surface area contributed by atoms with E-state index in [-0.39, 0.29) is 17.3 Å². The minimum Gasteiger partial charge on any atom is -0.505 e. The summed E-state index contributed by atoms with van der Waals surface area (Å²) in [7, 11) is 0. The summed E-state index contributed by atoms with van der Waals surface area (Å²) in [4.78, 5) is 0. The first kappa shape index (κ1) is 13.6. The van der Waals surface area contributed by atoms with Gasteiger partial charge in [-0.1, -0.05) is 13.0 Å². The summed E-state index contributed by atoms with van der Waals surface area (Å²) in [6.45, 7) is 2.25. The third kappa shape index (κ3) is 1.73. The number of fused-ring (bicyclic) bond motifs is 5. The summed E-state index contributed by atoms with van der Waals surface area (Å²) in [5, 5.41) is 19.9. The second-order valence-electron chi connectivity index (χ2n) is 7.52. The molecular formula is C18H23FO2.